The molecule has 0 radical (unpaired) electrons. The van der Waals surface area contributed by atoms with E-state index >= 15 is 0 Å². The average Bonchev–Trinajstić information content (AvgIpc) is 3.32. The Kier molecular flexibility index (Phi) is 8.79. The van der Waals surface area contributed by atoms with Gasteiger partial charge in [-0.3, -0.25) is 14.5 Å². The minimum Gasteiger partial charge on any atom is -0.368 e. The maximum Gasteiger partial charge on any atom is 0.390 e. The molecule has 2 aromatic carbocycles. The van der Waals surface area contributed by atoms with Gasteiger partial charge in [0.25, 0.3) is 5.91 Å². The molecule has 2 aliphatic heterocycles. The van der Waals surface area contributed by atoms with Gasteiger partial charge >= 0.3 is 6.18 Å². The Morgan fingerprint density at radius 2 is 1.82 bits per heavy atom. The fourth-order valence-corrected chi connectivity index (χ4v) is 5.08. The van der Waals surface area contributed by atoms with E-state index in [0.29, 0.717) is 61.0 Å². The zero-order chi connectivity index (χ0) is 27.4. The molecular formula is C26H30ClF4N5O2. The van der Waals surface area contributed by atoms with Gasteiger partial charge in [0.1, 0.15) is 5.82 Å². The van der Waals surface area contributed by atoms with Gasteiger partial charge in [0.2, 0.25) is 5.91 Å². The number of hydrogen-bond donors (Lipinski definition) is 3. The molecule has 2 saturated heterocycles. The molecule has 0 saturated carbocycles. The third-order valence-electron chi connectivity index (χ3n) is 6.98. The maximum absolute atomic E-state index is 14.9. The van der Waals surface area contributed by atoms with E-state index in [9.17, 15) is 27.2 Å². The van der Waals surface area contributed by atoms with Gasteiger partial charge in [-0.25, -0.2) is 4.39 Å². The summed E-state index contributed by atoms with van der Waals surface area (Å²) >= 11 is 6.19. The van der Waals surface area contributed by atoms with Crippen molar-refractivity contribution in [2.75, 3.05) is 42.9 Å². The highest BCUT2D eigenvalue weighted by molar-refractivity contribution is 6.31. The van der Waals surface area contributed by atoms with Gasteiger partial charge in [-0.15, -0.1) is 0 Å². The van der Waals surface area contributed by atoms with Crippen LogP contribution in [0.1, 0.15) is 35.2 Å². The molecule has 0 spiro atoms. The molecule has 7 nitrogen and oxygen atoms in total. The number of nitrogens with zero attached hydrogens (tertiary/aromatic N) is 2. The second-order valence-corrected chi connectivity index (χ2v) is 10.2. The van der Waals surface area contributed by atoms with Crippen molar-refractivity contribution in [2.24, 2.45) is 5.73 Å². The summed E-state index contributed by atoms with van der Waals surface area (Å²) in [6.07, 6.45) is -3.18. The van der Waals surface area contributed by atoms with Crippen molar-refractivity contribution < 1.29 is 27.2 Å². The van der Waals surface area contributed by atoms with Gasteiger partial charge in [-0.2, -0.15) is 13.2 Å². The molecule has 206 valence electrons. The number of nitrogens with two attached hydrogens (primary N) is 1. The normalized spacial score (nSPS) is 20.5. The molecule has 2 aliphatic rings. The topological polar surface area (TPSA) is 90.7 Å². The standard InChI is InChI=1S/C26H30ClF4N5O2/c27-17-2-5-21(23(15-17)36-11-9-35(10-12-36)8-7-26(29,30)31)34-25(38)19-4-1-16(14-20(19)28)13-18-3-6-22(33-18)24(32)37/h1-2,4-5,14-15,18,22,33H,3,6-13H2,(H2,32,37)(H,34,38). The predicted octanol–water partition coefficient (Wildman–Crippen LogP) is 3.95. The van der Waals surface area contributed by atoms with E-state index in [0.717, 1.165) is 6.42 Å². The second kappa shape index (κ2) is 11.9. The van der Waals surface area contributed by atoms with Gasteiger partial charge in [0, 0.05) is 43.8 Å². The molecule has 38 heavy (non-hydrogen) atoms. The Balaban J connectivity index is 1.39. The van der Waals surface area contributed by atoms with Crippen molar-refractivity contribution in [3.05, 3.63) is 58.4 Å². The van der Waals surface area contributed by atoms with E-state index in [2.05, 4.69) is 10.6 Å². The largest absolute Gasteiger partial charge is 0.390 e. The quantitative estimate of drug-likeness (QED) is 0.429. The van der Waals surface area contributed by atoms with Crippen molar-refractivity contribution in [3.63, 3.8) is 0 Å². The van der Waals surface area contributed by atoms with E-state index < -0.39 is 30.2 Å². The summed E-state index contributed by atoms with van der Waals surface area (Å²) in [5.74, 6) is -1.71. The Morgan fingerprint density at radius 3 is 2.45 bits per heavy atom. The van der Waals surface area contributed by atoms with Crippen LogP contribution in [0.3, 0.4) is 0 Å². The van der Waals surface area contributed by atoms with Crippen molar-refractivity contribution in [3.8, 4) is 0 Å². The molecule has 0 bridgehead atoms. The zero-order valence-electron chi connectivity index (χ0n) is 20.7. The number of benzene rings is 2. The highest BCUT2D eigenvalue weighted by atomic mass is 35.5. The number of piperazine rings is 1. The monoisotopic (exact) mass is 555 g/mol. The Bertz CT molecular complexity index is 1170. The van der Waals surface area contributed by atoms with E-state index in [1.165, 1.54) is 12.1 Å². The van der Waals surface area contributed by atoms with Crippen molar-refractivity contribution >= 4 is 34.8 Å². The number of amides is 2. The van der Waals surface area contributed by atoms with Gasteiger partial charge in [0.05, 0.1) is 29.4 Å². The number of carbonyl (C=O) groups excluding carboxylic acids is 2. The fourth-order valence-electron chi connectivity index (χ4n) is 4.92. The van der Waals surface area contributed by atoms with Gasteiger partial charge in [0.15, 0.2) is 0 Å². The number of anilines is 2. The number of rotatable bonds is 8. The average molecular weight is 556 g/mol. The summed E-state index contributed by atoms with van der Waals surface area (Å²) in [5.41, 5.74) is 6.95. The molecule has 4 rings (SSSR count). The highest BCUT2D eigenvalue weighted by Gasteiger charge is 2.30. The van der Waals surface area contributed by atoms with Crippen LogP contribution in [0.25, 0.3) is 0 Å². The summed E-state index contributed by atoms with van der Waals surface area (Å²) in [6.45, 7) is 1.71. The lowest BCUT2D eigenvalue weighted by atomic mass is 10.0. The molecule has 2 heterocycles. The lowest BCUT2D eigenvalue weighted by Crippen LogP contribution is -2.47. The molecule has 2 atom stereocenters. The van der Waals surface area contributed by atoms with Crippen molar-refractivity contribution in [2.45, 2.75) is 43.9 Å². The van der Waals surface area contributed by atoms with Crippen LogP contribution in [-0.4, -0.2) is 67.7 Å². The highest BCUT2D eigenvalue weighted by Crippen LogP contribution is 2.31. The van der Waals surface area contributed by atoms with Crippen LogP contribution in [0.4, 0.5) is 28.9 Å². The Hall–Kier alpha value is -2.89. The lowest BCUT2D eigenvalue weighted by Gasteiger charge is -2.37. The second-order valence-electron chi connectivity index (χ2n) is 9.72. The van der Waals surface area contributed by atoms with E-state index in [1.807, 2.05) is 4.90 Å². The number of alkyl halides is 3. The molecule has 2 fully saturated rings. The molecule has 2 aromatic rings. The maximum atomic E-state index is 14.9. The summed E-state index contributed by atoms with van der Waals surface area (Å²) in [5, 5.41) is 6.33. The number of nitrogens with one attached hydrogen (secondary N) is 2. The van der Waals surface area contributed by atoms with Gasteiger partial charge < -0.3 is 21.3 Å². The van der Waals surface area contributed by atoms with Crippen LogP contribution in [0.15, 0.2) is 36.4 Å². The third-order valence-corrected chi connectivity index (χ3v) is 7.21. The summed E-state index contributed by atoms with van der Waals surface area (Å²) in [6, 6.07) is 8.94. The van der Waals surface area contributed by atoms with Gasteiger partial charge in [-0.1, -0.05) is 17.7 Å². The van der Waals surface area contributed by atoms with Crippen LogP contribution in [-0.2, 0) is 11.2 Å². The Morgan fingerprint density at radius 1 is 1.08 bits per heavy atom. The number of carbonyl (C=O) groups is 2. The lowest BCUT2D eigenvalue weighted by molar-refractivity contribution is -0.138. The zero-order valence-corrected chi connectivity index (χ0v) is 21.4. The van der Waals surface area contributed by atoms with E-state index in [1.54, 1.807) is 29.2 Å². The molecule has 12 heteroatoms. The third kappa shape index (κ3) is 7.36. The summed E-state index contributed by atoms with van der Waals surface area (Å²) in [4.78, 5) is 28.0. The first-order chi connectivity index (χ1) is 18.0. The van der Waals surface area contributed by atoms with Crippen LogP contribution in [0.2, 0.25) is 5.02 Å². The number of halogens is 5. The smallest absolute Gasteiger partial charge is 0.368 e. The number of hydrogen-bond acceptors (Lipinski definition) is 5. The van der Waals surface area contributed by atoms with E-state index in [-0.39, 0.29) is 24.2 Å². The first-order valence-corrected chi connectivity index (χ1v) is 12.8. The minimum absolute atomic E-state index is 0.00266. The molecule has 4 N–H and O–H groups in total. The van der Waals surface area contributed by atoms with E-state index in [4.69, 9.17) is 17.3 Å². The minimum atomic E-state index is -4.20. The molecular weight excluding hydrogens is 526 g/mol. The predicted molar refractivity (Wildman–Crippen MR) is 138 cm³/mol. The molecule has 0 aliphatic carbocycles. The van der Waals surface area contributed by atoms with Gasteiger partial charge in [-0.05, 0) is 55.2 Å². The summed E-state index contributed by atoms with van der Waals surface area (Å²) in [7, 11) is 0. The number of primary amides is 1. The first-order valence-electron chi connectivity index (χ1n) is 12.5. The first kappa shape index (κ1) is 28.1. The van der Waals surface area contributed by atoms with Crippen LogP contribution in [0, 0.1) is 5.82 Å². The van der Waals surface area contributed by atoms with Crippen molar-refractivity contribution in [1.29, 1.82) is 0 Å². The van der Waals surface area contributed by atoms with Crippen LogP contribution >= 0.6 is 11.6 Å². The fraction of sp³-hybridized carbons (Fsp3) is 0.462. The SMILES string of the molecule is NC(=O)C1CCC(Cc2ccc(C(=O)Nc3ccc(Cl)cc3N3CCN(CCC(F)(F)F)CC3)c(F)c2)N1. The summed E-state index contributed by atoms with van der Waals surface area (Å²) < 4.78 is 52.6. The van der Waals surface area contributed by atoms with Crippen LogP contribution in [0.5, 0.6) is 0 Å². The van der Waals surface area contributed by atoms with Crippen LogP contribution < -0.4 is 21.3 Å². The molecule has 0 aromatic heterocycles. The van der Waals surface area contributed by atoms with Crippen molar-refractivity contribution in [1.82, 2.24) is 10.2 Å². The molecule has 2 amide bonds. The Labute approximate surface area is 223 Å². The molecule has 2 unspecified atom stereocenters.